The number of piperidine rings is 1. The van der Waals surface area contributed by atoms with E-state index in [2.05, 4.69) is 36.5 Å². The molecule has 1 aromatic rings. The van der Waals surface area contributed by atoms with Gasteiger partial charge in [-0.15, -0.1) is 0 Å². The fraction of sp³-hybridized carbons (Fsp3) is 0.625. The van der Waals surface area contributed by atoms with E-state index in [9.17, 15) is 0 Å². The number of benzene rings is 1. The Kier molecular flexibility index (Phi) is 4.16. The number of fused-ring (bicyclic) bond motifs is 1. The topological polar surface area (TPSA) is 30.5 Å². The lowest BCUT2D eigenvalue weighted by Crippen LogP contribution is -2.41. The van der Waals surface area contributed by atoms with Crippen LogP contribution in [0.25, 0.3) is 0 Å². The average molecular weight is 261 g/mol. The molecule has 1 saturated heterocycles. The van der Waals surface area contributed by atoms with Crippen molar-refractivity contribution in [3.05, 3.63) is 35.4 Å². The molecule has 2 aliphatic rings. The highest BCUT2D eigenvalue weighted by Gasteiger charge is 2.23. The molecule has 3 unspecified atom stereocenters. The maximum atomic E-state index is 6.04. The van der Waals surface area contributed by atoms with Gasteiger partial charge in [-0.1, -0.05) is 24.3 Å². The van der Waals surface area contributed by atoms with Gasteiger partial charge in [-0.2, -0.15) is 0 Å². The van der Waals surface area contributed by atoms with Crippen LogP contribution >= 0.6 is 0 Å². The lowest BCUT2D eigenvalue weighted by atomic mass is 9.98. The largest absolute Gasteiger partial charge is 0.374 e. The third-order valence-electron chi connectivity index (χ3n) is 4.19. The average Bonchev–Trinajstić information content (AvgIpc) is 2.47. The second kappa shape index (κ2) is 6.04. The maximum absolute atomic E-state index is 6.04. The zero-order chi connectivity index (χ0) is 13.1. The molecule has 0 aliphatic carbocycles. The van der Waals surface area contributed by atoms with E-state index in [1.165, 1.54) is 17.5 Å². The molecule has 0 amide bonds. The summed E-state index contributed by atoms with van der Waals surface area (Å²) in [4.78, 5) is 0. The number of hydrogen-bond donors (Lipinski definition) is 1. The summed E-state index contributed by atoms with van der Waals surface area (Å²) >= 11 is 0. The minimum Gasteiger partial charge on any atom is -0.374 e. The Balaban J connectivity index is 1.56. The molecule has 104 valence electrons. The van der Waals surface area contributed by atoms with Crippen molar-refractivity contribution < 1.29 is 9.47 Å². The molecule has 1 N–H and O–H groups in total. The van der Waals surface area contributed by atoms with Gasteiger partial charge < -0.3 is 14.8 Å². The van der Waals surface area contributed by atoms with Gasteiger partial charge in [0.1, 0.15) is 6.10 Å². The zero-order valence-electron chi connectivity index (χ0n) is 11.6. The molecule has 2 aliphatic heterocycles. The summed E-state index contributed by atoms with van der Waals surface area (Å²) in [5.74, 6) is 0. The first-order chi connectivity index (χ1) is 9.33. The fourth-order valence-electron chi connectivity index (χ4n) is 2.95. The van der Waals surface area contributed by atoms with Crippen LogP contribution in [0.15, 0.2) is 24.3 Å². The van der Waals surface area contributed by atoms with Gasteiger partial charge in [0.15, 0.2) is 0 Å². The van der Waals surface area contributed by atoms with Gasteiger partial charge in [0.2, 0.25) is 0 Å². The Hall–Kier alpha value is -0.900. The predicted octanol–water partition coefficient (Wildman–Crippen LogP) is 2.46. The Bertz CT molecular complexity index is 413. The molecular formula is C16H23NO2. The van der Waals surface area contributed by atoms with Crippen molar-refractivity contribution in [1.82, 2.24) is 5.32 Å². The molecule has 0 bridgehead atoms. The Labute approximate surface area is 115 Å². The molecule has 0 spiro atoms. The van der Waals surface area contributed by atoms with E-state index in [0.29, 0.717) is 18.8 Å². The van der Waals surface area contributed by atoms with Crippen molar-refractivity contribution in [2.24, 2.45) is 0 Å². The summed E-state index contributed by atoms with van der Waals surface area (Å²) in [7, 11) is 0. The van der Waals surface area contributed by atoms with Crippen LogP contribution in [-0.2, 0) is 15.9 Å². The van der Waals surface area contributed by atoms with Crippen LogP contribution in [0.2, 0.25) is 0 Å². The van der Waals surface area contributed by atoms with Gasteiger partial charge in [0, 0.05) is 12.6 Å². The van der Waals surface area contributed by atoms with Crippen LogP contribution < -0.4 is 5.32 Å². The number of nitrogens with one attached hydrogen (secondary N) is 1. The normalized spacial score (nSPS) is 30.9. The lowest BCUT2D eigenvalue weighted by Gasteiger charge is -2.31. The summed E-state index contributed by atoms with van der Waals surface area (Å²) in [6, 6.07) is 9.20. The van der Waals surface area contributed by atoms with E-state index in [0.717, 1.165) is 26.0 Å². The van der Waals surface area contributed by atoms with Crippen LogP contribution in [0.3, 0.4) is 0 Å². The second-order valence-electron chi connectivity index (χ2n) is 5.65. The first kappa shape index (κ1) is 13.1. The molecule has 3 rings (SSSR count). The highest BCUT2D eigenvalue weighted by Crippen LogP contribution is 2.27. The van der Waals surface area contributed by atoms with Crippen molar-refractivity contribution >= 4 is 0 Å². The summed E-state index contributed by atoms with van der Waals surface area (Å²) in [5.41, 5.74) is 2.73. The monoisotopic (exact) mass is 261 g/mol. The molecule has 3 heteroatoms. The van der Waals surface area contributed by atoms with Crippen molar-refractivity contribution in [2.45, 2.75) is 44.4 Å². The first-order valence-electron chi connectivity index (χ1n) is 7.37. The van der Waals surface area contributed by atoms with Crippen molar-refractivity contribution in [3.63, 3.8) is 0 Å². The molecule has 3 atom stereocenters. The summed E-state index contributed by atoms with van der Waals surface area (Å²) < 4.78 is 11.9. The molecule has 3 nitrogen and oxygen atoms in total. The molecule has 19 heavy (non-hydrogen) atoms. The Morgan fingerprint density at radius 2 is 2.21 bits per heavy atom. The van der Waals surface area contributed by atoms with E-state index >= 15 is 0 Å². The van der Waals surface area contributed by atoms with Crippen LogP contribution in [-0.4, -0.2) is 31.9 Å². The Morgan fingerprint density at radius 1 is 1.32 bits per heavy atom. The predicted molar refractivity (Wildman–Crippen MR) is 75.3 cm³/mol. The van der Waals surface area contributed by atoms with E-state index in [4.69, 9.17) is 9.47 Å². The molecule has 1 aromatic carbocycles. The van der Waals surface area contributed by atoms with Gasteiger partial charge >= 0.3 is 0 Å². The summed E-state index contributed by atoms with van der Waals surface area (Å²) in [5, 5.41) is 3.47. The fourth-order valence-corrected chi connectivity index (χ4v) is 2.95. The molecule has 0 radical (unpaired) electrons. The zero-order valence-corrected chi connectivity index (χ0v) is 11.6. The van der Waals surface area contributed by atoms with Gasteiger partial charge in [-0.25, -0.2) is 0 Å². The smallest absolute Gasteiger partial charge is 0.106 e. The van der Waals surface area contributed by atoms with Gasteiger partial charge in [-0.05, 0) is 37.3 Å². The number of rotatable bonds is 3. The lowest BCUT2D eigenvalue weighted by molar-refractivity contribution is -0.0579. The standard InChI is InChI=1S/C16H23NO2/c1-12-6-7-14(10-17-12)19-11-16-15-5-3-2-4-13(15)8-9-18-16/h2-5,12,14,16-17H,6-11H2,1H3. The molecule has 2 heterocycles. The van der Waals surface area contributed by atoms with Crippen LogP contribution in [0.5, 0.6) is 0 Å². The number of ether oxygens (including phenoxy) is 2. The van der Waals surface area contributed by atoms with E-state index < -0.39 is 0 Å². The minimum absolute atomic E-state index is 0.115. The quantitative estimate of drug-likeness (QED) is 0.906. The minimum atomic E-state index is 0.115. The highest BCUT2D eigenvalue weighted by molar-refractivity contribution is 5.30. The second-order valence-corrected chi connectivity index (χ2v) is 5.65. The number of hydrogen-bond acceptors (Lipinski definition) is 3. The third kappa shape index (κ3) is 3.16. The maximum Gasteiger partial charge on any atom is 0.106 e. The van der Waals surface area contributed by atoms with E-state index in [1.807, 2.05) is 0 Å². The van der Waals surface area contributed by atoms with E-state index in [-0.39, 0.29) is 6.10 Å². The van der Waals surface area contributed by atoms with E-state index in [1.54, 1.807) is 0 Å². The van der Waals surface area contributed by atoms with Crippen LogP contribution in [0, 0.1) is 0 Å². The third-order valence-corrected chi connectivity index (χ3v) is 4.19. The van der Waals surface area contributed by atoms with Crippen molar-refractivity contribution in [3.8, 4) is 0 Å². The Morgan fingerprint density at radius 3 is 3.05 bits per heavy atom. The molecule has 0 aromatic heterocycles. The van der Waals surface area contributed by atoms with Crippen molar-refractivity contribution in [2.75, 3.05) is 19.8 Å². The van der Waals surface area contributed by atoms with Crippen molar-refractivity contribution in [1.29, 1.82) is 0 Å². The van der Waals surface area contributed by atoms with Gasteiger partial charge in [-0.3, -0.25) is 0 Å². The molecular weight excluding hydrogens is 238 g/mol. The SMILES string of the molecule is CC1CCC(OCC2OCCc3ccccc32)CN1. The summed E-state index contributed by atoms with van der Waals surface area (Å²) in [6.07, 6.45) is 3.84. The molecule has 0 saturated carbocycles. The van der Waals surface area contributed by atoms with Crippen LogP contribution in [0.1, 0.15) is 37.0 Å². The van der Waals surface area contributed by atoms with Gasteiger partial charge in [0.25, 0.3) is 0 Å². The van der Waals surface area contributed by atoms with Crippen LogP contribution in [0.4, 0.5) is 0 Å². The first-order valence-corrected chi connectivity index (χ1v) is 7.37. The summed E-state index contributed by atoms with van der Waals surface area (Å²) in [6.45, 7) is 4.69. The van der Waals surface area contributed by atoms with Gasteiger partial charge in [0.05, 0.1) is 19.3 Å². The highest BCUT2D eigenvalue weighted by atomic mass is 16.5. The molecule has 1 fully saturated rings.